The van der Waals surface area contributed by atoms with E-state index in [1.54, 1.807) is 0 Å². The highest BCUT2D eigenvalue weighted by molar-refractivity contribution is 5.66. The summed E-state index contributed by atoms with van der Waals surface area (Å²) in [5.41, 5.74) is 0. The molecule has 0 radical (unpaired) electrons. The maximum absolute atomic E-state index is 10.8. The summed E-state index contributed by atoms with van der Waals surface area (Å²) in [4.78, 5) is 21.1. The van der Waals surface area contributed by atoms with Crippen molar-refractivity contribution in [2.24, 2.45) is 0 Å². The zero-order chi connectivity index (χ0) is 20.3. The fraction of sp³-hybridized carbons (Fsp3) is 0.636. The van der Waals surface area contributed by atoms with Gasteiger partial charge < -0.3 is 19.7 Å². The van der Waals surface area contributed by atoms with Crippen molar-refractivity contribution in [2.45, 2.75) is 89.8 Å². The molecular weight excluding hydrogens is 344 g/mol. The standard InChI is InChI=1S/C22H32O5/c1-3-21(27-19(2)23)17-14-13-16-20(24)15-11-9-7-5-4-6-8-10-12-18-22(25)26/h3,20-21,24H,1,4-12,15,18H2,2H3,(H,25,26)/p-1. The number of aliphatic hydroxyl groups is 1. The van der Waals surface area contributed by atoms with Crippen LogP contribution in [-0.2, 0) is 14.3 Å². The molecule has 2 unspecified atom stereocenters. The Hall–Kier alpha value is -2.24. The highest BCUT2D eigenvalue weighted by Crippen LogP contribution is 2.11. The van der Waals surface area contributed by atoms with Crippen LogP contribution in [0.3, 0.4) is 0 Å². The minimum atomic E-state index is -0.961. The Morgan fingerprint density at radius 2 is 1.52 bits per heavy atom. The number of ether oxygens (including phenoxy) is 1. The van der Waals surface area contributed by atoms with E-state index in [0.717, 1.165) is 51.4 Å². The van der Waals surface area contributed by atoms with Crippen LogP contribution in [-0.4, -0.2) is 29.3 Å². The third-order valence-electron chi connectivity index (χ3n) is 3.88. The molecule has 2 atom stereocenters. The average Bonchev–Trinajstić information content (AvgIpc) is 2.61. The maximum Gasteiger partial charge on any atom is 0.304 e. The van der Waals surface area contributed by atoms with E-state index in [1.807, 2.05) is 0 Å². The Kier molecular flexibility index (Phi) is 15.8. The normalized spacial score (nSPS) is 11.9. The van der Waals surface area contributed by atoms with Gasteiger partial charge in [-0.1, -0.05) is 57.4 Å². The second-order valence-electron chi connectivity index (χ2n) is 6.41. The van der Waals surface area contributed by atoms with Crippen molar-refractivity contribution in [3.8, 4) is 23.7 Å². The second-order valence-corrected chi connectivity index (χ2v) is 6.41. The lowest BCUT2D eigenvalue weighted by Gasteiger charge is -2.04. The van der Waals surface area contributed by atoms with Crippen molar-refractivity contribution in [2.75, 3.05) is 0 Å². The van der Waals surface area contributed by atoms with Crippen LogP contribution in [0.15, 0.2) is 12.7 Å². The lowest BCUT2D eigenvalue weighted by Crippen LogP contribution is -2.21. The molecule has 0 aliphatic rings. The van der Waals surface area contributed by atoms with E-state index in [4.69, 9.17) is 4.74 Å². The molecule has 5 nitrogen and oxygen atoms in total. The number of carbonyl (C=O) groups is 2. The van der Waals surface area contributed by atoms with Gasteiger partial charge >= 0.3 is 5.97 Å². The summed E-state index contributed by atoms with van der Waals surface area (Å²) in [6, 6.07) is 0. The Labute approximate surface area is 163 Å². The van der Waals surface area contributed by atoms with E-state index in [9.17, 15) is 19.8 Å². The zero-order valence-corrected chi connectivity index (χ0v) is 16.3. The van der Waals surface area contributed by atoms with Gasteiger partial charge in [0.15, 0.2) is 6.10 Å². The van der Waals surface area contributed by atoms with Gasteiger partial charge in [0.2, 0.25) is 0 Å². The quantitative estimate of drug-likeness (QED) is 0.218. The van der Waals surface area contributed by atoms with Gasteiger partial charge in [0.1, 0.15) is 6.10 Å². The van der Waals surface area contributed by atoms with Crippen molar-refractivity contribution < 1.29 is 24.5 Å². The summed E-state index contributed by atoms with van der Waals surface area (Å²) < 4.78 is 4.87. The Morgan fingerprint density at radius 3 is 2.04 bits per heavy atom. The van der Waals surface area contributed by atoms with Gasteiger partial charge in [0.25, 0.3) is 0 Å². The highest BCUT2D eigenvalue weighted by Gasteiger charge is 2.01. The molecular formula is C22H31O5-. The van der Waals surface area contributed by atoms with Crippen LogP contribution < -0.4 is 5.11 Å². The summed E-state index contributed by atoms with van der Waals surface area (Å²) in [5, 5.41) is 20.1. The van der Waals surface area contributed by atoms with E-state index < -0.39 is 24.1 Å². The summed E-state index contributed by atoms with van der Waals surface area (Å²) in [7, 11) is 0. The third-order valence-corrected chi connectivity index (χ3v) is 3.88. The van der Waals surface area contributed by atoms with Gasteiger partial charge in [0, 0.05) is 12.9 Å². The fourth-order valence-electron chi connectivity index (χ4n) is 2.46. The number of carboxylic acid groups (broad SMARTS) is 1. The molecule has 0 spiro atoms. The number of hydrogen-bond donors (Lipinski definition) is 1. The van der Waals surface area contributed by atoms with Gasteiger partial charge in [-0.05, 0) is 49.5 Å². The SMILES string of the molecule is C=CC(C#CC#CC(O)CCCCCCCCCCCC(=O)[O-])OC(C)=O. The second kappa shape index (κ2) is 17.2. The monoisotopic (exact) mass is 375 g/mol. The van der Waals surface area contributed by atoms with Crippen LogP contribution in [0.25, 0.3) is 0 Å². The van der Waals surface area contributed by atoms with Crippen LogP contribution in [0.5, 0.6) is 0 Å². The summed E-state index contributed by atoms with van der Waals surface area (Å²) in [6.45, 7) is 4.82. The molecule has 150 valence electrons. The molecule has 0 aromatic rings. The van der Waals surface area contributed by atoms with E-state index in [1.165, 1.54) is 13.0 Å². The minimum Gasteiger partial charge on any atom is -0.550 e. The van der Waals surface area contributed by atoms with Crippen molar-refractivity contribution in [1.29, 1.82) is 0 Å². The minimum absolute atomic E-state index is 0.165. The number of carbonyl (C=O) groups excluding carboxylic acids is 2. The van der Waals surface area contributed by atoms with Crippen LogP contribution in [0.1, 0.15) is 77.6 Å². The molecule has 0 heterocycles. The number of esters is 1. The van der Waals surface area contributed by atoms with E-state index in [0.29, 0.717) is 12.8 Å². The van der Waals surface area contributed by atoms with Gasteiger partial charge in [-0.2, -0.15) is 0 Å². The largest absolute Gasteiger partial charge is 0.550 e. The first-order valence-electron chi connectivity index (χ1n) is 9.64. The lowest BCUT2D eigenvalue weighted by atomic mass is 10.0. The Balaban J connectivity index is 3.65. The van der Waals surface area contributed by atoms with Crippen LogP contribution in [0.4, 0.5) is 0 Å². The first-order valence-corrected chi connectivity index (χ1v) is 9.64. The van der Waals surface area contributed by atoms with E-state index in [-0.39, 0.29) is 6.42 Å². The lowest BCUT2D eigenvalue weighted by molar-refractivity contribution is -0.305. The molecule has 1 N–H and O–H groups in total. The molecule has 0 aliphatic heterocycles. The summed E-state index contributed by atoms with van der Waals surface area (Å²) in [6.07, 6.45) is 10.1. The molecule has 0 aromatic carbocycles. The van der Waals surface area contributed by atoms with Crippen molar-refractivity contribution in [3.63, 3.8) is 0 Å². The highest BCUT2D eigenvalue weighted by atomic mass is 16.5. The number of rotatable bonds is 14. The first kappa shape index (κ1) is 24.8. The fourth-order valence-corrected chi connectivity index (χ4v) is 2.46. The van der Waals surface area contributed by atoms with Gasteiger partial charge in [0.05, 0.1) is 0 Å². The van der Waals surface area contributed by atoms with Crippen molar-refractivity contribution in [3.05, 3.63) is 12.7 Å². The third kappa shape index (κ3) is 18.4. The number of hydrogen-bond acceptors (Lipinski definition) is 5. The van der Waals surface area contributed by atoms with Gasteiger partial charge in [-0.3, -0.25) is 4.79 Å². The van der Waals surface area contributed by atoms with Gasteiger partial charge in [-0.25, -0.2) is 0 Å². The summed E-state index contributed by atoms with van der Waals surface area (Å²) >= 11 is 0. The number of aliphatic hydroxyl groups excluding tert-OH is 1. The molecule has 0 aliphatic carbocycles. The van der Waals surface area contributed by atoms with Gasteiger partial charge in [-0.15, -0.1) is 0 Å². The molecule has 0 saturated heterocycles. The predicted molar refractivity (Wildman–Crippen MR) is 103 cm³/mol. The molecule has 0 aromatic heterocycles. The Morgan fingerprint density at radius 1 is 1.00 bits per heavy atom. The predicted octanol–water partition coefficient (Wildman–Crippen LogP) is 2.51. The topological polar surface area (TPSA) is 86.7 Å². The zero-order valence-electron chi connectivity index (χ0n) is 16.3. The number of carboxylic acids is 1. The van der Waals surface area contributed by atoms with Crippen LogP contribution in [0.2, 0.25) is 0 Å². The maximum atomic E-state index is 10.8. The molecule has 0 fully saturated rings. The van der Waals surface area contributed by atoms with E-state index >= 15 is 0 Å². The van der Waals surface area contributed by atoms with Crippen molar-refractivity contribution >= 4 is 11.9 Å². The first-order chi connectivity index (χ1) is 13.0. The molecule has 27 heavy (non-hydrogen) atoms. The number of unbranched alkanes of at least 4 members (excludes halogenated alkanes) is 8. The number of aliphatic carboxylic acids is 1. The van der Waals surface area contributed by atoms with E-state index in [2.05, 4.69) is 30.3 Å². The molecule has 0 bridgehead atoms. The van der Waals surface area contributed by atoms with Crippen LogP contribution in [0, 0.1) is 23.7 Å². The van der Waals surface area contributed by atoms with Crippen molar-refractivity contribution in [1.82, 2.24) is 0 Å². The molecule has 0 saturated carbocycles. The Bertz CT molecular complexity index is 559. The van der Waals surface area contributed by atoms with Crippen LogP contribution >= 0.6 is 0 Å². The molecule has 0 rings (SSSR count). The smallest absolute Gasteiger partial charge is 0.304 e. The molecule has 5 heteroatoms. The molecule has 0 amide bonds. The average molecular weight is 375 g/mol. The summed E-state index contributed by atoms with van der Waals surface area (Å²) in [5.74, 6) is 9.05.